The van der Waals surface area contributed by atoms with E-state index in [0.29, 0.717) is 0 Å². The Labute approximate surface area is 107 Å². The molecule has 3 heteroatoms. The van der Waals surface area contributed by atoms with Crippen LogP contribution in [0.5, 0.6) is 5.75 Å². The molecule has 3 rings (SSSR count). The van der Waals surface area contributed by atoms with Crippen molar-refractivity contribution in [3.8, 4) is 5.75 Å². The average molecular weight is 245 g/mol. The van der Waals surface area contributed by atoms with Crippen molar-refractivity contribution in [3.63, 3.8) is 0 Å². The summed E-state index contributed by atoms with van der Waals surface area (Å²) in [5, 5.41) is 1.10. The molecule has 0 spiro atoms. The molecule has 2 N–H and O–H groups in total. The van der Waals surface area contributed by atoms with E-state index < -0.39 is 0 Å². The van der Waals surface area contributed by atoms with Gasteiger partial charge in [-0.2, -0.15) is 0 Å². The maximum atomic E-state index is 6.61. The maximum Gasteiger partial charge on any atom is 0.176 e. The molecule has 3 nitrogen and oxygen atoms in total. The highest BCUT2D eigenvalue weighted by atomic mass is 16.5. The van der Waals surface area contributed by atoms with Crippen molar-refractivity contribution in [1.82, 2.24) is 0 Å². The van der Waals surface area contributed by atoms with Gasteiger partial charge in [0.25, 0.3) is 0 Å². The van der Waals surface area contributed by atoms with Crippen LogP contribution in [0, 0.1) is 0 Å². The van der Waals surface area contributed by atoms with Crippen LogP contribution >= 0.6 is 0 Å². The fourth-order valence-corrected chi connectivity index (χ4v) is 3.08. The maximum absolute atomic E-state index is 6.61. The van der Waals surface area contributed by atoms with Gasteiger partial charge in [0.15, 0.2) is 11.3 Å². The first-order valence-corrected chi connectivity index (χ1v) is 6.58. The fourth-order valence-electron chi connectivity index (χ4n) is 3.08. The largest absolute Gasteiger partial charge is 0.493 e. The third-order valence-electron chi connectivity index (χ3n) is 4.08. The second-order valence-corrected chi connectivity index (χ2v) is 5.20. The Balaban J connectivity index is 2.14. The van der Waals surface area contributed by atoms with E-state index in [9.17, 15) is 0 Å². The van der Waals surface area contributed by atoms with Gasteiger partial charge in [-0.15, -0.1) is 0 Å². The second kappa shape index (κ2) is 4.32. The molecule has 0 saturated heterocycles. The first-order chi connectivity index (χ1) is 8.74. The Bertz CT molecular complexity index is 553. The van der Waals surface area contributed by atoms with E-state index in [2.05, 4.69) is 6.07 Å². The minimum atomic E-state index is -0.202. The standard InChI is InChI=1S/C15H19NO2/c1-17-13-6-5-12(11-7-10-18-14(11)13)15(16)8-3-2-4-9-15/h5-7,10H,2-4,8-9,16H2,1H3. The first kappa shape index (κ1) is 11.6. The number of methoxy groups -OCH3 is 1. The minimum Gasteiger partial charge on any atom is -0.493 e. The third kappa shape index (κ3) is 1.70. The third-order valence-corrected chi connectivity index (χ3v) is 4.08. The summed E-state index contributed by atoms with van der Waals surface area (Å²) in [5.74, 6) is 0.776. The molecule has 18 heavy (non-hydrogen) atoms. The number of nitrogens with two attached hydrogens (primary N) is 1. The average Bonchev–Trinajstić information content (AvgIpc) is 2.87. The van der Waals surface area contributed by atoms with E-state index in [-0.39, 0.29) is 5.54 Å². The van der Waals surface area contributed by atoms with E-state index >= 15 is 0 Å². The van der Waals surface area contributed by atoms with E-state index in [1.165, 1.54) is 24.8 Å². The van der Waals surface area contributed by atoms with Gasteiger partial charge >= 0.3 is 0 Å². The van der Waals surface area contributed by atoms with E-state index in [1.54, 1.807) is 13.4 Å². The molecule has 0 unspecified atom stereocenters. The molecule has 0 aliphatic heterocycles. The van der Waals surface area contributed by atoms with Gasteiger partial charge in [0.05, 0.1) is 13.4 Å². The van der Waals surface area contributed by atoms with Crippen LogP contribution in [0.2, 0.25) is 0 Å². The van der Waals surface area contributed by atoms with E-state index in [1.807, 2.05) is 12.1 Å². The summed E-state index contributed by atoms with van der Waals surface area (Å²) in [6, 6.07) is 6.06. The Morgan fingerprint density at radius 3 is 2.67 bits per heavy atom. The smallest absolute Gasteiger partial charge is 0.176 e. The zero-order chi connectivity index (χ0) is 12.6. The van der Waals surface area contributed by atoms with Gasteiger partial charge in [-0.1, -0.05) is 25.3 Å². The quantitative estimate of drug-likeness (QED) is 0.880. The van der Waals surface area contributed by atoms with Gasteiger partial charge in [0, 0.05) is 10.9 Å². The zero-order valence-electron chi connectivity index (χ0n) is 10.7. The van der Waals surface area contributed by atoms with Crippen molar-refractivity contribution in [3.05, 3.63) is 30.0 Å². The van der Waals surface area contributed by atoms with Gasteiger partial charge < -0.3 is 14.9 Å². The highest BCUT2D eigenvalue weighted by Gasteiger charge is 2.31. The van der Waals surface area contributed by atoms with Crippen molar-refractivity contribution in [2.24, 2.45) is 5.73 Å². The fraction of sp³-hybridized carbons (Fsp3) is 0.467. The van der Waals surface area contributed by atoms with E-state index in [4.69, 9.17) is 14.9 Å². The Morgan fingerprint density at radius 2 is 1.94 bits per heavy atom. The van der Waals surface area contributed by atoms with Crippen LogP contribution in [-0.2, 0) is 5.54 Å². The van der Waals surface area contributed by atoms with Gasteiger partial charge in [0.1, 0.15) is 0 Å². The highest BCUT2D eigenvalue weighted by molar-refractivity contribution is 5.87. The van der Waals surface area contributed by atoms with Crippen LogP contribution in [-0.4, -0.2) is 7.11 Å². The number of hydrogen-bond donors (Lipinski definition) is 1. The molecule has 1 aliphatic rings. The van der Waals surface area contributed by atoms with Crippen LogP contribution < -0.4 is 10.5 Å². The normalized spacial score (nSPS) is 19.0. The lowest BCUT2D eigenvalue weighted by molar-refractivity contribution is 0.304. The lowest BCUT2D eigenvalue weighted by atomic mass is 9.76. The molecular formula is C15H19NO2. The summed E-state index contributed by atoms with van der Waals surface area (Å²) in [5.41, 5.74) is 8.42. The van der Waals surface area contributed by atoms with Crippen molar-refractivity contribution >= 4 is 11.0 Å². The highest BCUT2D eigenvalue weighted by Crippen LogP contribution is 2.40. The lowest BCUT2D eigenvalue weighted by Crippen LogP contribution is -2.38. The van der Waals surface area contributed by atoms with Gasteiger partial charge in [-0.3, -0.25) is 0 Å². The number of hydrogen-bond acceptors (Lipinski definition) is 3. The van der Waals surface area contributed by atoms with Crippen LogP contribution in [0.15, 0.2) is 28.9 Å². The molecule has 1 aromatic carbocycles. The van der Waals surface area contributed by atoms with Gasteiger partial charge in [0.2, 0.25) is 0 Å². The van der Waals surface area contributed by atoms with Crippen LogP contribution in [0.1, 0.15) is 37.7 Å². The summed E-state index contributed by atoms with van der Waals surface area (Å²) in [4.78, 5) is 0. The number of fused-ring (bicyclic) bond motifs is 1. The summed E-state index contributed by atoms with van der Waals surface area (Å²) in [7, 11) is 1.66. The molecule has 2 aromatic rings. The number of rotatable bonds is 2. The van der Waals surface area contributed by atoms with Crippen LogP contribution in [0.4, 0.5) is 0 Å². The summed E-state index contributed by atoms with van der Waals surface area (Å²) < 4.78 is 10.9. The Morgan fingerprint density at radius 1 is 1.17 bits per heavy atom. The van der Waals surface area contributed by atoms with Gasteiger partial charge in [-0.25, -0.2) is 0 Å². The first-order valence-electron chi connectivity index (χ1n) is 6.58. The molecule has 0 amide bonds. The number of furan rings is 1. The molecule has 1 fully saturated rings. The Hall–Kier alpha value is -1.48. The van der Waals surface area contributed by atoms with Crippen LogP contribution in [0.25, 0.3) is 11.0 Å². The van der Waals surface area contributed by atoms with E-state index in [0.717, 1.165) is 29.6 Å². The molecule has 0 atom stereocenters. The topological polar surface area (TPSA) is 48.4 Å². The molecule has 1 saturated carbocycles. The second-order valence-electron chi connectivity index (χ2n) is 5.20. The van der Waals surface area contributed by atoms with Crippen LogP contribution in [0.3, 0.4) is 0 Å². The Kier molecular flexibility index (Phi) is 2.78. The molecular weight excluding hydrogens is 226 g/mol. The summed E-state index contributed by atoms with van der Waals surface area (Å²) >= 11 is 0. The van der Waals surface area contributed by atoms with Crippen molar-refractivity contribution in [1.29, 1.82) is 0 Å². The molecule has 96 valence electrons. The predicted octanol–water partition coefficient (Wildman–Crippen LogP) is 3.56. The predicted molar refractivity (Wildman–Crippen MR) is 71.7 cm³/mol. The van der Waals surface area contributed by atoms with Crippen molar-refractivity contribution < 1.29 is 9.15 Å². The molecule has 0 bridgehead atoms. The molecule has 0 radical (unpaired) electrons. The molecule has 1 heterocycles. The minimum absolute atomic E-state index is 0.202. The molecule has 1 aliphatic carbocycles. The lowest BCUT2D eigenvalue weighted by Gasteiger charge is -2.34. The number of ether oxygens (including phenoxy) is 1. The van der Waals surface area contributed by atoms with Gasteiger partial charge in [-0.05, 0) is 30.5 Å². The molecule has 1 aromatic heterocycles. The number of benzene rings is 1. The zero-order valence-corrected chi connectivity index (χ0v) is 10.7. The SMILES string of the molecule is COc1ccc(C2(N)CCCCC2)c2ccoc12. The van der Waals surface area contributed by atoms with Crippen molar-refractivity contribution in [2.75, 3.05) is 7.11 Å². The summed E-state index contributed by atoms with van der Waals surface area (Å²) in [6.45, 7) is 0. The van der Waals surface area contributed by atoms with Crippen molar-refractivity contribution in [2.45, 2.75) is 37.6 Å². The monoisotopic (exact) mass is 245 g/mol. The summed E-state index contributed by atoms with van der Waals surface area (Å²) in [6.07, 6.45) is 7.54.